The Morgan fingerprint density at radius 2 is 0.725 bits per heavy atom. The number of carbonyl (C=O) groups is 6. The lowest BCUT2D eigenvalue weighted by Crippen LogP contribution is -2.61. The molecule has 0 saturated carbocycles. The number of hydrogen-bond acceptors (Lipinski definition) is 26. The smallest absolute Gasteiger partial charge is 0.408 e. The van der Waals surface area contributed by atoms with Gasteiger partial charge in [0.15, 0.2) is 0 Å². The van der Waals surface area contributed by atoms with E-state index in [0.717, 1.165) is 182 Å². The Bertz CT molecular complexity index is 4840. The van der Waals surface area contributed by atoms with Gasteiger partial charge < -0.3 is 95.0 Å². The van der Waals surface area contributed by atoms with Crippen LogP contribution in [0.4, 0.5) is 25.6 Å². The molecule has 0 bridgehead atoms. The predicted molar refractivity (Wildman–Crippen MR) is 534 cm³/mol. The molecule has 4 unspecified atom stereocenters. The van der Waals surface area contributed by atoms with Crippen LogP contribution in [0.25, 0.3) is 21.9 Å². The van der Waals surface area contributed by atoms with E-state index in [1.807, 2.05) is 12.1 Å². The average molecular weight is 1920 g/mol. The molecule has 2 aromatic heterocycles. The molecule has 7 saturated heterocycles. The van der Waals surface area contributed by atoms with Crippen molar-refractivity contribution in [1.82, 2.24) is 76.2 Å². The van der Waals surface area contributed by atoms with Crippen LogP contribution in [0.15, 0.2) is 60.9 Å². The number of halogens is 1. The molecule has 7 aliphatic heterocycles. The van der Waals surface area contributed by atoms with Crippen molar-refractivity contribution in [1.29, 1.82) is 21.0 Å². The predicted octanol–water partition coefficient (Wildman–Crippen LogP) is 12.8. The monoisotopic (exact) mass is 1920 g/mol. The summed E-state index contributed by atoms with van der Waals surface area (Å²) in [7, 11) is 0. The van der Waals surface area contributed by atoms with Crippen LogP contribution in [0.2, 0.25) is 0 Å². The summed E-state index contributed by atoms with van der Waals surface area (Å²) in [5.41, 5.74) is -3.26. The van der Waals surface area contributed by atoms with Gasteiger partial charge >= 0.3 is 23.6 Å². The highest BCUT2D eigenvalue weighted by Gasteiger charge is 2.46. The number of piperidine rings is 4. The molecule has 7 aliphatic rings. The summed E-state index contributed by atoms with van der Waals surface area (Å²) in [4.78, 5) is 127. The van der Waals surface area contributed by atoms with Crippen molar-refractivity contribution in [3.63, 3.8) is 0 Å². The summed E-state index contributed by atoms with van der Waals surface area (Å²) < 4.78 is 40.1. The highest BCUT2D eigenvalue weighted by Crippen LogP contribution is 2.43. The minimum Gasteiger partial charge on any atom is -0.408 e. The molecule has 2 aromatic carbocycles. The van der Waals surface area contributed by atoms with Crippen molar-refractivity contribution < 1.29 is 56.2 Å². The van der Waals surface area contributed by atoms with Crippen LogP contribution in [0.1, 0.15) is 259 Å². The van der Waals surface area contributed by atoms with E-state index in [2.05, 4.69) is 219 Å². The van der Waals surface area contributed by atoms with Gasteiger partial charge in [-0.25, -0.2) is 23.6 Å². The van der Waals surface area contributed by atoms with Crippen molar-refractivity contribution >= 4 is 69.3 Å². The number of benzene rings is 2. The number of hydrogen-bond donors (Lipinski definition) is 8. The molecule has 0 spiro atoms. The summed E-state index contributed by atoms with van der Waals surface area (Å²) in [5.74, 6) is -2.73. The van der Waals surface area contributed by atoms with Gasteiger partial charge in [-0.05, 0) is 206 Å². The number of morpholine rings is 3. The van der Waals surface area contributed by atoms with E-state index in [0.29, 0.717) is 152 Å². The standard InChI is InChI=1S/C30H44N6O4.C26H36FN5O3.C24H43N5O3.C23H41N5O3/c1-4-29(2,3)11-10-24(32-26-23-8-5-6-9-25(23)40-28(38)33-26)27(37)34-30(22-31)12-16-35(17-13-30)14-7-15-36-18-20-39-21-19-36;1-5-13-32-14-11-26(17-28,12-15-32)31-23(33)20(9-10-25(3,4)6-2)29-22-19-8-7-18(27)16-21(19)35-24(34)30-22;1-7-10-28-11-8-24(18-25,9-12-28)27-20(30)19(17-23(5,6)22(2,3)4)26-21(31)29-13-15-32-16-14-29;1-5-11-27-12-9-23(18-24,10-13-27)26-20(29)19(7-8-22(3,4)6-2)25-21(30)28-14-16-31-17-15-28/h5-6,8-9,24H,4,7,10-21H2,1-3H3,(H,34,37)(H,32,33,38);7-8,16,20H,5-6,9-15H2,1-4H3,(H,31,33)(H,29,30,34);19H,7-17H2,1-6H3,(H,26,31)(H,27,30);19H,5-17H2,1-4H3,(H,25,30)(H,26,29). The average Bonchev–Trinajstić information content (AvgIpc) is 0.809. The Hall–Kier alpha value is -9.69. The molecule has 138 heavy (non-hydrogen) atoms. The molecule has 8 amide bonds. The molecule has 4 aromatic rings. The first-order valence-electron chi connectivity index (χ1n) is 50.9. The highest BCUT2D eigenvalue weighted by atomic mass is 19.1. The van der Waals surface area contributed by atoms with E-state index in [1.54, 1.807) is 21.9 Å². The second-order valence-corrected chi connectivity index (χ2v) is 42.8. The molecular weight excluding hydrogens is 1760 g/mol. The molecule has 4 atom stereocenters. The lowest BCUT2D eigenvalue weighted by atomic mass is 9.66. The topological polar surface area (TPSA) is 430 Å². The highest BCUT2D eigenvalue weighted by molar-refractivity contribution is 5.93. The Morgan fingerprint density at radius 3 is 1.08 bits per heavy atom. The number of likely N-dealkylation sites (tertiary alicyclic amines) is 4. The molecule has 11 rings (SSSR count). The van der Waals surface area contributed by atoms with E-state index in [4.69, 9.17) is 23.0 Å². The molecule has 0 aliphatic carbocycles. The molecule has 766 valence electrons. The van der Waals surface area contributed by atoms with Crippen LogP contribution >= 0.6 is 0 Å². The fraction of sp³-hybridized carbons (Fsp3) is 0.748. The molecular formula is C103H164FN21O13. The number of nitrogens with zero attached hydrogens (tertiary/aromatic N) is 13. The van der Waals surface area contributed by atoms with Crippen LogP contribution in [-0.2, 0) is 33.4 Å². The van der Waals surface area contributed by atoms with Crippen molar-refractivity contribution in [3.8, 4) is 24.3 Å². The van der Waals surface area contributed by atoms with Crippen LogP contribution < -0.4 is 54.0 Å². The second-order valence-electron chi connectivity index (χ2n) is 42.8. The summed E-state index contributed by atoms with van der Waals surface area (Å²) in [6, 6.07) is 17.3. The minimum absolute atomic E-state index is 0.00690. The van der Waals surface area contributed by atoms with Crippen molar-refractivity contribution in [2.75, 3.05) is 175 Å². The van der Waals surface area contributed by atoms with Crippen molar-refractivity contribution in [3.05, 3.63) is 69.4 Å². The van der Waals surface area contributed by atoms with Gasteiger partial charge in [-0.15, -0.1) is 0 Å². The zero-order valence-corrected chi connectivity index (χ0v) is 86.1. The van der Waals surface area contributed by atoms with Crippen molar-refractivity contribution in [2.24, 2.45) is 27.1 Å². The van der Waals surface area contributed by atoms with Crippen molar-refractivity contribution in [2.45, 2.75) is 305 Å². The number of para-hydroxylation sites is 1. The largest absolute Gasteiger partial charge is 0.441 e. The van der Waals surface area contributed by atoms with Gasteiger partial charge in [0.1, 0.15) is 74.9 Å². The normalized spacial score (nSPS) is 19.3. The molecule has 7 fully saturated rings. The van der Waals surface area contributed by atoms with Crippen LogP contribution in [0.5, 0.6) is 0 Å². The number of aromatic nitrogens is 2. The van der Waals surface area contributed by atoms with E-state index in [9.17, 15) is 63.8 Å². The first-order chi connectivity index (χ1) is 65.5. The number of urea groups is 2. The van der Waals surface area contributed by atoms with Gasteiger partial charge in [0.05, 0.1) is 74.7 Å². The van der Waals surface area contributed by atoms with Gasteiger partial charge in [-0.2, -0.15) is 31.0 Å². The number of anilines is 2. The third-order valence-electron chi connectivity index (χ3n) is 30.0. The number of nitrogens with one attached hydrogen (secondary N) is 8. The number of rotatable bonds is 38. The van der Waals surface area contributed by atoms with E-state index >= 15 is 0 Å². The summed E-state index contributed by atoms with van der Waals surface area (Å²) in [5, 5.41) is 65.5. The zero-order valence-electron chi connectivity index (χ0n) is 86.1. The van der Waals surface area contributed by atoms with E-state index < -0.39 is 63.7 Å². The summed E-state index contributed by atoms with van der Waals surface area (Å²) >= 11 is 0. The van der Waals surface area contributed by atoms with Crippen LogP contribution in [0.3, 0.4) is 0 Å². The first kappa shape index (κ1) is 114. The van der Waals surface area contributed by atoms with E-state index in [1.165, 1.54) is 12.1 Å². The third kappa shape index (κ3) is 34.9. The summed E-state index contributed by atoms with van der Waals surface area (Å²) in [6.07, 6.45) is 16.3. The SMILES string of the molecule is CCC(C)(C)CCC(Nc1nc(=O)oc2ccccc12)C(=O)NC1(C#N)CCN(CCCN2CCOCC2)CC1.CCCN1CCC(C#N)(NC(=O)C(CC(C)(C)C(C)(C)C)NC(=O)N2CCOCC2)CC1.CCCN1CCC(C#N)(NC(=O)C(CCC(C)(C)CC)NC(=O)N2CCOCC2)CC1.CCCN1CCC(C#N)(NC(=O)C(CCC(C)(C)CC)Nc2nc(=O)oc3cc(F)ccc23)CC1. The van der Waals surface area contributed by atoms with Gasteiger partial charge in [0.25, 0.3) is 0 Å². The maximum absolute atomic E-state index is 13.8. The fourth-order valence-electron chi connectivity index (χ4n) is 17.9. The van der Waals surface area contributed by atoms with E-state index in [-0.39, 0.29) is 74.2 Å². The Balaban J connectivity index is 0.000000227. The van der Waals surface area contributed by atoms with Crippen LogP contribution in [-0.4, -0.2) is 290 Å². The lowest BCUT2D eigenvalue weighted by molar-refractivity contribution is -0.126. The Kier molecular flexibility index (Phi) is 43.8. The maximum atomic E-state index is 13.8. The Morgan fingerprint density at radius 1 is 0.413 bits per heavy atom. The maximum Gasteiger partial charge on any atom is 0.441 e. The molecule has 8 N–H and O–H groups in total. The second kappa shape index (κ2) is 53.2. The molecule has 35 heteroatoms. The van der Waals surface area contributed by atoms with Gasteiger partial charge in [-0.3, -0.25) is 24.1 Å². The lowest BCUT2D eigenvalue weighted by Gasteiger charge is -2.42. The molecule has 34 nitrogen and oxygen atoms in total. The number of carbonyl (C=O) groups excluding carboxylic acids is 6. The zero-order chi connectivity index (χ0) is 101. The number of nitriles is 4. The van der Waals surface area contributed by atoms with Gasteiger partial charge in [-0.1, -0.05) is 149 Å². The summed E-state index contributed by atoms with van der Waals surface area (Å²) in [6.45, 7) is 55.4. The van der Waals surface area contributed by atoms with Gasteiger partial charge in [0.2, 0.25) is 23.6 Å². The molecule has 0 radical (unpaired) electrons. The number of ether oxygens (including phenoxy) is 3. The fourth-order valence-corrected chi connectivity index (χ4v) is 17.9. The third-order valence-corrected chi connectivity index (χ3v) is 30.0. The molecule has 9 heterocycles. The Labute approximate surface area is 819 Å². The minimum atomic E-state index is -0.935. The van der Waals surface area contributed by atoms with Gasteiger partial charge in [0, 0.05) is 97.7 Å². The number of amides is 8. The van der Waals surface area contributed by atoms with Crippen LogP contribution in [0, 0.1) is 78.2 Å². The number of fused-ring (bicyclic) bond motifs is 2. The first-order valence-corrected chi connectivity index (χ1v) is 50.9. The quantitative estimate of drug-likeness (QED) is 0.0207.